The van der Waals surface area contributed by atoms with Gasteiger partial charge in [0.2, 0.25) is 4.80 Å². The van der Waals surface area contributed by atoms with Crippen LogP contribution in [-0.4, -0.2) is 36.8 Å². The molecule has 0 saturated heterocycles. The number of thiazole rings is 1. The van der Waals surface area contributed by atoms with Crippen molar-refractivity contribution in [1.82, 2.24) is 4.68 Å². The Morgan fingerprint density at radius 2 is 1.81 bits per heavy atom. The van der Waals surface area contributed by atoms with Crippen molar-refractivity contribution in [2.45, 2.75) is 6.92 Å². The summed E-state index contributed by atoms with van der Waals surface area (Å²) in [6, 6.07) is 17.5. The van der Waals surface area contributed by atoms with Crippen LogP contribution in [0, 0.1) is 0 Å². The van der Waals surface area contributed by atoms with Crippen LogP contribution in [0.2, 0.25) is 0 Å². The van der Waals surface area contributed by atoms with Gasteiger partial charge in [-0.1, -0.05) is 18.2 Å². The predicted molar refractivity (Wildman–Crippen MR) is 126 cm³/mol. The fraction of sp³-hybridized carbons (Fsp3) is 0.167. The van der Waals surface area contributed by atoms with Crippen molar-refractivity contribution in [3.63, 3.8) is 0 Å². The Morgan fingerprint density at radius 3 is 2.58 bits per heavy atom. The number of nitrogens with zero attached hydrogens (tertiary/aromatic N) is 3. The molecule has 0 bridgehead atoms. The van der Waals surface area contributed by atoms with Crippen LogP contribution in [0.4, 0.5) is 0 Å². The summed E-state index contributed by atoms with van der Waals surface area (Å²) in [6.45, 7) is 2.67. The highest BCUT2D eigenvalue weighted by molar-refractivity contribution is 7.07. The smallest absolute Gasteiger partial charge is 0.206 e. The quantitative estimate of drug-likeness (QED) is 0.440. The van der Waals surface area contributed by atoms with Gasteiger partial charge in [-0.2, -0.15) is 5.10 Å². The number of hydrogen-bond acceptors (Lipinski definition) is 6. The molecule has 31 heavy (non-hydrogen) atoms. The van der Waals surface area contributed by atoms with Gasteiger partial charge in [-0.15, -0.1) is 11.3 Å². The minimum atomic E-state index is 0.0954. The van der Waals surface area contributed by atoms with Crippen molar-refractivity contribution < 1.29 is 14.6 Å². The first-order chi connectivity index (χ1) is 15.1. The molecule has 0 aliphatic carbocycles. The Labute approximate surface area is 184 Å². The van der Waals surface area contributed by atoms with E-state index >= 15 is 0 Å². The van der Waals surface area contributed by atoms with Gasteiger partial charge in [0, 0.05) is 17.5 Å². The highest BCUT2D eigenvalue weighted by atomic mass is 32.1. The van der Waals surface area contributed by atoms with Crippen molar-refractivity contribution in [1.29, 1.82) is 0 Å². The van der Waals surface area contributed by atoms with E-state index in [0.29, 0.717) is 12.3 Å². The first-order valence-electron chi connectivity index (χ1n) is 9.83. The fourth-order valence-corrected chi connectivity index (χ4v) is 4.16. The first-order valence-corrected chi connectivity index (χ1v) is 10.7. The van der Waals surface area contributed by atoms with Gasteiger partial charge in [0.05, 0.1) is 26.1 Å². The molecule has 4 aromatic rings. The second-order valence-corrected chi connectivity index (χ2v) is 7.63. The van der Waals surface area contributed by atoms with Crippen LogP contribution in [0.15, 0.2) is 70.1 Å². The Balaban J connectivity index is 1.78. The molecule has 0 aliphatic heterocycles. The monoisotopic (exact) mass is 433 g/mol. The van der Waals surface area contributed by atoms with E-state index in [0.717, 1.165) is 38.1 Å². The number of fused-ring (bicyclic) bond motifs is 1. The van der Waals surface area contributed by atoms with Crippen LogP contribution in [0.25, 0.3) is 22.0 Å². The number of aromatic hydroxyl groups is 1. The molecule has 7 heteroatoms. The number of aromatic nitrogens is 1. The van der Waals surface area contributed by atoms with E-state index in [2.05, 4.69) is 34.6 Å². The molecule has 0 unspecified atom stereocenters. The van der Waals surface area contributed by atoms with Gasteiger partial charge in [-0.25, -0.2) is 4.68 Å². The third-order valence-corrected chi connectivity index (χ3v) is 5.70. The SMILES string of the molecule is CCN=c1scc(-c2ccc3cc(OC)ccc3c2)n1N=Cc1ccc(O)c(OC)c1. The summed E-state index contributed by atoms with van der Waals surface area (Å²) >= 11 is 1.55. The minimum absolute atomic E-state index is 0.0954. The lowest BCUT2D eigenvalue weighted by Gasteiger charge is -2.07. The number of phenolic OH excluding ortho intramolecular Hbond substituents is 1. The number of ether oxygens (including phenoxy) is 2. The maximum absolute atomic E-state index is 9.82. The van der Waals surface area contributed by atoms with Crippen molar-refractivity contribution in [2.75, 3.05) is 20.8 Å². The van der Waals surface area contributed by atoms with Crippen LogP contribution < -0.4 is 14.3 Å². The second-order valence-electron chi connectivity index (χ2n) is 6.79. The van der Waals surface area contributed by atoms with Crippen molar-refractivity contribution >= 4 is 28.3 Å². The summed E-state index contributed by atoms with van der Waals surface area (Å²) in [5, 5.41) is 18.8. The molecule has 0 fully saturated rings. The predicted octanol–water partition coefficient (Wildman–Crippen LogP) is 4.90. The van der Waals surface area contributed by atoms with E-state index in [1.165, 1.54) is 7.11 Å². The molecule has 0 radical (unpaired) electrons. The highest BCUT2D eigenvalue weighted by Crippen LogP contribution is 2.28. The molecule has 1 heterocycles. The Morgan fingerprint density at radius 1 is 1.00 bits per heavy atom. The number of phenols is 1. The number of methoxy groups -OCH3 is 2. The summed E-state index contributed by atoms with van der Waals surface area (Å²) in [5.41, 5.74) is 2.82. The number of hydrogen-bond donors (Lipinski definition) is 1. The van der Waals surface area contributed by atoms with Gasteiger partial charge in [0.25, 0.3) is 0 Å². The van der Waals surface area contributed by atoms with Gasteiger partial charge in [-0.3, -0.25) is 4.99 Å². The average molecular weight is 434 g/mol. The largest absolute Gasteiger partial charge is 0.504 e. The van der Waals surface area contributed by atoms with E-state index in [1.54, 1.807) is 42.9 Å². The van der Waals surface area contributed by atoms with Gasteiger partial charge >= 0.3 is 0 Å². The third-order valence-electron chi connectivity index (χ3n) is 4.85. The molecule has 6 nitrogen and oxygen atoms in total. The van der Waals surface area contributed by atoms with E-state index in [4.69, 9.17) is 14.6 Å². The lowest BCUT2D eigenvalue weighted by Crippen LogP contribution is -2.12. The molecule has 0 atom stereocenters. The highest BCUT2D eigenvalue weighted by Gasteiger charge is 2.09. The van der Waals surface area contributed by atoms with E-state index in [1.807, 2.05) is 23.7 Å². The maximum atomic E-state index is 9.82. The minimum Gasteiger partial charge on any atom is -0.504 e. The Bertz CT molecular complexity index is 1320. The Kier molecular flexibility index (Phi) is 6.04. The average Bonchev–Trinajstić information content (AvgIpc) is 3.20. The summed E-state index contributed by atoms with van der Waals surface area (Å²) in [7, 11) is 3.19. The first kappa shape index (κ1) is 20.7. The lowest BCUT2D eigenvalue weighted by atomic mass is 10.1. The normalized spacial score (nSPS) is 12.0. The molecular formula is C24H23N3O3S. The van der Waals surface area contributed by atoms with Crippen molar-refractivity contribution in [3.8, 4) is 28.5 Å². The van der Waals surface area contributed by atoms with E-state index < -0.39 is 0 Å². The fourth-order valence-electron chi connectivity index (χ4n) is 3.26. The van der Waals surface area contributed by atoms with Crippen LogP contribution in [-0.2, 0) is 0 Å². The molecule has 3 aromatic carbocycles. The van der Waals surface area contributed by atoms with Crippen molar-refractivity contribution in [2.24, 2.45) is 10.1 Å². The molecule has 0 amide bonds. The van der Waals surface area contributed by atoms with Gasteiger partial charge in [0.15, 0.2) is 11.5 Å². The Hall–Kier alpha value is -3.58. The van der Waals surface area contributed by atoms with Gasteiger partial charge in [-0.05, 0) is 59.7 Å². The molecule has 4 rings (SSSR count). The zero-order valence-corrected chi connectivity index (χ0v) is 18.4. The number of benzene rings is 3. The second kappa shape index (κ2) is 9.06. The zero-order valence-electron chi connectivity index (χ0n) is 17.6. The molecular weight excluding hydrogens is 410 g/mol. The molecule has 158 valence electrons. The van der Waals surface area contributed by atoms with Crippen LogP contribution in [0.5, 0.6) is 17.2 Å². The maximum Gasteiger partial charge on any atom is 0.206 e. The number of rotatable bonds is 6. The van der Waals surface area contributed by atoms with E-state index in [-0.39, 0.29) is 5.75 Å². The topological polar surface area (TPSA) is 68.3 Å². The van der Waals surface area contributed by atoms with Crippen LogP contribution in [0.3, 0.4) is 0 Å². The molecule has 1 N–H and O–H groups in total. The van der Waals surface area contributed by atoms with Gasteiger partial charge < -0.3 is 14.6 Å². The van der Waals surface area contributed by atoms with Crippen LogP contribution >= 0.6 is 11.3 Å². The zero-order chi connectivity index (χ0) is 21.8. The summed E-state index contributed by atoms with van der Waals surface area (Å²) in [5.74, 6) is 1.34. The molecule has 1 aromatic heterocycles. The summed E-state index contributed by atoms with van der Waals surface area (Å²) in [6.07, 6.45) is 1.73. The van der Waals surface area contributed by atoms with Gasteiger partial charge in [0.1, 0.15) is 5.75 Å². The molecule has 0 spiro atoms. The van der Waals surface area contributed by atoms with Crippen molar-refractivity contribution in [3.05, 3.63) is 70.3 Å². The summed E-state index contributed by atoms with van der Waals surface area (Å²) in [4.78, 5) is 5.40. The lowest BCUT2D eigenvalue weighted by molar-refractivity contribution is 0.373. The summed E-state index contributed by atoms with van der Waals surface area (Å²) < 4.78 is 12.4. The molecule has 0 aliphatic rings. The molecule has 0 saturated carbocycles. The third kappa shape index (κ3) is 4.32. The van der Waals surface area contributed by atoms with Crippen LogP contribution in [0.1, 0.15) is 12.5 Å². The standard InChI is InChI=1S/C24H23N3O3S/c1-4-25-24-27(26-14-16-5-10-22(28)23(11-16)30-3)21(15-31-24)19-7-6-18-13-20(29-2)9-8-17(18)12-19/h5-15,28H,4H2,1-3H3. The van der Waals surface area contributed by atoms with E-state index in [9.17, 15) is 5.11 Å².